The van der Waals surface area contributed by atoms with E-state index in [1.54, 1.807) is 44.3 Å². The molecule has 0 bridgehead atoms. The minimum Gasteiger partial charge on any atom is -0.355 e. The third-order valence-corrected chi connectivity index (χ3v) is 3.19. The number of nitrogens with one attached hydrogen (secondary N) is 2. The monoisotopic (exact) mass is 294 g/mol. The molecule has 2 rings (SSSR count). The Balaban J connectivity index is 2.19. The molecular formula is C18H18N2O2. The Morgan fingerprint density at radius 3 is 2.27 bits per heavy atom. The quantitative estimate of drug-likeness (QED) is 0.851. The third kappa shape index (κ3) is 3.82. The maximum absolute atomic E-state index is 12.3. The summed E-state index contributed by atoms with van der Waals surface area (Å²) in [7, 11) is 1.56. The Hall–Kier alpha value is -2.88. The van der Waals surface area contributed by atoms with Crippen molar-refractivity contribution in [3.8, 4) is 0 Å². The van der Waals surface area contributed by atoms with E-state index >= 15 is 0 Å². The lowest BCUT2D eigenvalue weighted by molar-refractivity contribution is -0.112. The predicted molar refractivity (Wildman–Crippen MR) is 88.6 cm³/mol. The van der Waals surface area contributed by atoms with Gasteiger partial charge in [-0.3, -0.25) is 9.59 Å². The lowest BCUT2D eigenvalue weighted by atomic mass is 10.1. The van der Waals surface area contributed by atoms with Crippen molar-refractivity contribution in [3.63, 3.8) is 0 Å². The van der Waals surface area contributed by atoms with Crippen LogP contribution < -0.4 is 10.6 Å². The van der Waals surface area contributed by atoms with E-state index in [1.165, 1.54) is 0 Å². The van der Waals surface area contributed by atoms with Crippen molar-refractivity contribution in [1.29, 1.82) is 0 Å². The van der Waals surface area contributed by atoms with Crippen LogP contribution in [0.5, 0.6) is 0 Å². The summed E-state index contributed by atoms with van der Waals surface area (Å²) in [6.45, 7) is 1.74. The van der Waals surface area contributed by atoms with Gasteiger partial charge in [-0.05, 0) is 30.7 Å². The van der Waals surface area contributed by atoms with Gasteiger partial charge in [-0.1, -0.05) is 42.5 Å². The van der Waals surface area contributed by atoms with Gasteiger partial charge in [0.05, 0.1) is 11.3 Å². The van der Waals surface area contributed by atoms with Gasteiger partial charge in [0.15, 0.2) is 0 Å². The Kier molecular flexibility index (Phi) is 5.09. The molecule has 0 aromatic heterocycles. The van der Waals surface area contributed by atoms with E-state index in [0.717, 1.165) is 5.56 Å². The molecule has 2 aromatic carbocycles. The second-order valence-electron chi connectivity index (χ2n) is 4.82. The molecule has 0 aliphatic rings. The topological polar surface area (TPSA) is 58.2 Å². The molecule has 0 fully saturated rings. The van der Waals surface area contributed by atoms with Gasteiger partial charge < -0.3 is 10.6 Å². The van der Waals surface area contributed by atoms with Crippen LogP contribution >= 0.6 is 0 Å². The summed E-state index contributed by atoms with van der Waals surface area (Å²) < 4.78 is 0. The highest BCUT2D eigenvalue weighted by Crippen LogP contribution is 2.16. The van der Waals surface area contributed by atoms with E-state index in [4.69, 9.17) is 0 Å². The van der Waals surface area contributed by atoms with Gasteiger partial charge in [-0.25, -0.2) is 0 Å². The predicted octanol–water partition coefficient (Wildman–Crippen LogP) is 3.09. The molecule has 0 saturated carbocycles. The minimum atomic E-state index is -0.236. The number of rotatable bonds is 4. The van der Waals surface area contributed by atoms with Crippen LogP contribution in [0.25, 0.3) is 6.08 Å². The molecule has 2 aromatic rings. The number of amides is 2. The Morgan fingerprint density at radius 1 is 0.955 bits per heavy atom. The number of carbonyl (C=O) groups excluding carboxylic acids is 2. The fraction of sp³-hybridized carbons (Fsp3) is 0.111. The average Bonchev–Trinajstić information content (AvgIpc) is 2.55. The number of benzene rings is 2. The maximum Gasteiger partial charge on any atom is 0.253 e. The van der Waals surface area contributed by atoms with Gasteiger partial charge >= 0.3 is 0 Å². The molecule has 112 valence electrons. The van der Waals surface area contributed by atoms with Crippen molar-refractivity contribution in [3.05, 3.63) is 71.3 Å². The van der Waals surface area contributed by atoms with Crippen LogP contribution in [0.4, 0.5) is 5.69 Å². The molecule has 22 heavy (non-hydrogen) atoms. The highest BCUT2D eigenvalue weighted by molar-refractivity contribution is 6.10. The van der Waals surface area contributed by atoms with Crippen molar-refractivity contribution in [2.45, 2.75) is 6.92 Å². The molecule has 0 heterocycles. The summed E-state index contributed by atoms with van der Waals surface area (Å²) >= 11 is 0. The number of hydrogen-bond donors (Lipinski definition) is 2. The van der Waals surface area contributed by atoms with Crippen LogP contribution in [-0.2, 0) is 4.79 Å². The molecule has 0 spiro atoms. The van der Waals surface area contributed by atoms with E-state index in [0.29, 0.717) is 16.8 Å². The molecule has 4 nitrogen and oxygen atoms in total. The first-order valence-electron chi connectivity index (χ1n) is 6.97. The summed E-state index contributed by atoms with van der Waals surface area (Å²) in [4.78, 5) is 24.1. The zero-order valence-electron chi connectivity index (χ0n) is 12.6. The Morgan fingerprint density at radius 2 is 1.59 bits per heavy atom. The molecule has 2 N–H and O–H groups in total. The van der Waals surface area contributed by atoms with Gasteiger partial charge in [-0.15, -0.1) is 0 Å². The smallest absolute Gasteiger partial charge is 0.253 e. The number of para-hydroxylation sites is 1. The second-order valence-corrected chi connectivity index (χ2v) is 4.82. The summed E-state index contributed by atoms with van der Waals surface area (Å²) in [5.74, 6) is -0.471. The van der Waals surface area contributed by atoms with Gasteiger partial charge in [0.25, 0.3) is 11.8 Å². The fourth-order valence-electron chi connectivity index (χ4n) is 2.01. The first kappa shape index (κ1) is 15.5. The lowest BCUT2D eigenvalue weighted by Crippen LogP contribution is -2.21. The van der Waals surface area contributed by atoms with Crippen LogP contribution in [-0.4, -0.2) is 18.9 Å². The summed E-state index contributed by atoms with van der Waals surface area (Å²) in [5.41, 5.74) is 2.45. The largest absolute Gasteiger partial charge is 0.355 e. The van der Waals surface area contributed by atoms with E-state index in [1.807, 2.05) is 30.3 Å². The van der Waals surface area contributed by atoms with Crippen molar-refractivity contribution < 1.29 is 9.59 Å². The third-order valence-electron chi connectivity index (χ3n) is 3.19. The first-order chi connectivity index (χ1) is 10.6. The highest BCUT2D eigenvalue weighted by Gasteiger charge is 2.12. The van der Waals surface area contributed by atoms with Crippen molar-refractivity contribution in [1.82, 2.24) is 5.32 Å². The fourth-order valence-corrected chi connectivity index (χ4v) is 2.01. The van der Waals surface area contributed by atoms with Crippen LogP contribution in [0, 0.1) is 0 Å². The zero-order valence-corrected chi connectivity index (χ0v) is 12.6. The van der Waals surface area contributed by atoms with Gasteiger partial charge in [0.2, 0.25) is 0 Å². The molecule has 0 aliphatic carbocycles. The normalized spacial score (nSPS) is 10.9. The van der Waals surface area contributed by atoms with Crippen molar-refractivity contribution in [2.24, 2.45) is 0 Å². The van der Waals surface area contributed by atoms with Crippen molar-refractivity contribution in [2.75, 3.05) is 12.4 Å². The molecule has 0 atom stereocenters. The molecular weight excluding hydrogens is 276 g/mol. The summed E-state index contributed by atoms with van der Waals surface area (Å²) in [6.07, 6.45) is 1.80. The minimum absolute atomic E-state index is 0.236. The maximum atomic E-state index is 12.3. The Labute approximate surface area is 129 Å². The van der Waals surface area contributed by atoms with Gasteiger partial charge in [0, 0.05) is 12.6 Å². The highest BCUT2D eigenvalue weighted by atomic mass is 16.2. The van der Waals surface area contributed by atoms with E-state index in [-0.39, 0.29) is 11.8 Å². The molecule has 0 radical (unpaired) electrons. The van der Waals surface area contributed by atoms with Crippen LogP contribution in [0.2, 0.25) is 0 Å². The number of carbonyl (C=O) groups is 2. The first-order valence-corrected chi connectivity index (χ1v) is 6.97. The lowest BCUT2D eigenvalue weighted by Gasteiger charge is -2.10. The van der Waals surface area contributed by atoms with E-state index in [2.05, 4.69) is 10.6 Å². The van der Waals surface area contributed by atoms with Crippen LogP contribution in [0.1, 0.15) is 22.8 Å². The Bertz CT molecular complexity index is 706. The van der Waals surface area contributed by atoms with Gasteiger partial charge in [-0.2, -0.15) is 0 Å². The van der Waals surface area contributed by atoms with E-state index < -0.39 is 0 Å². The summed E-state index contributed by atoms with van der Waals surface area (Å²) in [5, 5.41) is 5.34. The molecule has 0 unspecified atom stereocenters. The number of anilines is 1. The SMILES string of the molecule is CNC(=O)c1ccccc1NC(=O)/C(C)=C/c1ccccc1. The zero-order chi connectivity index (χ0) is 15.9. The van der Waals surface area contributed by atoms with Crippen LogP contribution in [0.3, 0.4) is 0 Å². The molecule has 4 heteroatoms. The second kappa shape index (κ2) is 7.22. The van der Waals surface area contributed by atoms with E-state index in [9.17, 15) is 9.59 Å². The molecule has 2 amide bonds. The average molecular weight is 294 g/mol. The standard InChI is InChI=1S/C18H18N2O2/c1-13(12-14-8-4-3-5-9-14)17(21)20-16-11-7-6-10-15(16)18(22)19-2/h3-12H,1-2H3,(H,19,22)(H,20,21)/b13-12+. The van der Waals surface area contributed by atoms with Crippen LogP contribution in [0.15, 0.2) is 60.2 Å². The van der Waals surface area contributed by atoms with Crippen molar-refractivity contribution >= 4 is 23.6 Å². The summed E-state index contributed by atoms with van der Waals surface area (Å²) in [6, 6.07) is 16.5. The number of hydrogen-bond acceptors (Lipinski definition) is 2. The molecule has 0 saturated heterocycles. The molecule has 0 aliphatic heterocycles. The van der Waals surface area contributed by atoms with Gasteiger partial charge in [0.1, 0.15) is 0 Å².